The second kappa shape index (κ2) is 12.8. The third-order valence-electron chi connectivity index (χ3n) is 7.33. The third kappa shape index (κ3) is 5.72. The fraction of sp³-hybridized carbons (Fsp3) is 0.0645. The summed E-state index contributed by atoms with van der Waals surface area (Å²) in [7, 11) is 0. The van der Waals surface area contributed by atoms with E-state index in [1.54, 1.807) is 13.8 Å². The first kappa shape index (κ1) is 31.5. The van der Waals surface area contributed by atoms with Gasteiger partial charge in [0.05, 0.1) is 35.2 Å². The van der Waals surface area contributed by atoms with Gasteiger partial charge in [0.25, 0.3) is 11.9 Å². The highest BCUT2D eigenvalue weighted by Crippen LogP contribution is 2.34. The fourth-order valence-corrected chi connectivity index (χ4v) is 4.90. The van der Waals surface area contributed by atoms with Gasteiger partial charge >= 0.3 is 6.01 Å². The number of aryl methyl sites for hydroxylation is 2. The lowest BCUT2D eigenvalue weighted by Gasteiger charge is -2.06. The quantitative estimate of drug-likeness (QED) is 0.185. The molecule has 0 aliphatic carbocycles. The summed E-state index contributed by atoms with van der Waals surface area (Å²) in [6, 6.07) is 21.7. The van der Waals surface area contributed by atoms with Crippen LogP contribution in [0.3, 0.4) is 0 Å². The molecule has 0 aliphatic rings. The Kier molecular flexibility index (Phi) is 7.91. The molecule has 5 heterocycles. The number of azo groups is 2. The van der Waals surface area contributed by atoms with Crippen LogP contribution in [0.15, 0.2) is 93.5 Å². The van der Waals surface area contributed by atoms with Crippen LogP contribution in [0.1, 0.15) is 22.5 Å². The Morgan fingerprint density at radius 3 is 1.41 bits per heavy atom. The van der Waals surface area contributed by atoms with E-state index in [-0.39, 0.29) is 57.7 Å². The highest BCUT2D eigenvalue weighted by molar-refractivity contribution is 5.65. The van der Waals surface area contributed by atoms with Crippen molar-refractivity contribution in [2.45, 2.75) is 13.8 Å². The molecule has 2 aromatic carbocycles. The molecule has 5 N–H and O–H groups in total. The molecule has 7 aromatic rings. The molecule has 0 fully saturated rings. The number of nitrogens with two attached hydrogens (primary N) is 2. The number of nitriles is 2. The lowest BCUT2D eigenvalue weighted by atomic mass is 10.3. The van der Waals surface area contributed by atoms with Crippen LogP contribution in [0.2, 0.25) is 0 Å². The molecule has 7 rings (SSSR count). The van der Waals surface area contributed by atoms with Crippen molar-refractivity contribution in [1.29, 1.82) is 10.5 Å². The minimum Gasteiger partial charge on any atom is -0.479 e. The summed E-state index contributed by atoms with van der Waals surface area (Å²) in [5.74, 6) is -0.0677. The number of hydrogen-bond acceptors (Lipinski definition) is 16. The average molecular weight is 678 g/mol. The van der Waals surface area contributed by atoms with E-state index >= 15 is 0 Å². The fourth-order valence-electron chi connectivity index (χ4n) is 4.90. The molecule has 0 saturated carbocycles. The summed E-state index contributed by atoms with van der Waals surface area (Å²) in [6.07, 6.45) is 2.77. The molecular weight excluding hydrogens is 654 g/mol. The molecule has 248 valence electrons. The molecule has 0 unspecified atom stereocenters. The Hall–Kier alpha value is -8.13. The van der Waals surface area contributed by atoms with Crippen molar-refractivity contribution in [2.75, 3.05) is 11.5 Å². The van der Waals surface area contributed by atoms with Gasteiger partial charge in [0, 0.05) is 0 Å². The average Bonchev–Trinajstić information content (AvgIpc) is 3.90. The molecule has 0 bridgehead atoms. The van der Waals surface area contributed by atoms with Crippen molar-refractivity contribution >= 4 is 34.6 Å². The Morgan fingerprint density at radius 2 is 1.02 bits per heavy atom. The molecule has 0 spiro atoms. The van der Waals surface area contributed by atoms with Gasteiger partial charge in [-0.1, -0.05) is 36.4 Å². The van der Waals surface area contributed by atoms with Gasteiger partial charge in [-0.25, -0.2) is 9.36 Å². The lowest BCUT2D eigenvalue weighted by Crippen LogP contribution is -2.13. The second-order valence-corrected chi connectivity index (χ2v) is 10.6. The molecule has 0 atom stereocenters. The van der Waals surface area contributed by atoms with Gasteiger partial charge in [0.15, 0.2) is 34.6 Å². The number of hydrogen-bond donors (Lipinski definition) is 3. The lowest BCUT2D eigenvalue weighted by molar-refractivity contribution is 0.423. The molecule has 20 heteroatoms. The molecular formula is C31H23N19O. The first-order valence-corrected chi connectivity index (χ1v) is 14.8. The number of aromatic hydroxyl groups is 1. The first-order chi connectivity index (χ1) is 24.8. The summed E-state index contributed by atoms with van der Waals surface area (Å²) in [6.45, 7) is 3.27. The summed E-state index contributed by atoms with van der Waals surface area (Å²) in [5.41, 5.74) is 15.6. The Labute approximate surface area is 286 Å². The number of anilines is 2. The van der Waals surface area contributed by atoms with Crippen molar-refractivity contribution in [3.8, 4) is 41.4 Å². The molecule has 0 saturated heterocycles. The monoisotopic (exact) mass is 677 g/mol. The summed E-state index contributed by atoms with van der Waals surface area (Å²) in [4.78, 5) is 12.4. The Bertz CT molecular complexity index is 2390. The normalized spacial score (nSPS) is 11.4. The van der Waals surface area contributed by atoms with E-state index in [9.17, 15) is 15.6 Å². The zero-order valence-corrected chi connectivity index (χ0v) is 26.6. The summed E-state index contributed by atoms with van der Waals surface area (Å²) >= 11 is 0. The maximum Gasteiger partial charge on any atom is 0.320 e. The van der Waals surface area contributed by atoms with Gasteiger partial charge in [0.1, 0.15) is 23.3 Å². The molecule has 20 nitrogen and oxygen atoms in total. The van der Waals surface area contributed by atoms with Gasteiger partial charge in [-0.3, -0.25) is 0 Å². The second-order valence-electron chi connectivity index (χ2n) is 10.6. The topological polar surface area (TPSA) is 279 Å². The maximum atomic E-state index is 10.5. The van der Waals surface area contributed by atoms with Gasteiger partial charge in [-0.2, -0.15) is 55.2 Å². The number of benzene rings is 2. The van der Waals surface area contributed by atoms with Crippen LogP contribution in [0.5, 0.6) is 6.01 Å². The van der Waals surface area contributed by atoms with E-state index in [0.29, 0.717) is 22.8 Å². The van der Waals surface area contributed by atoms with Crippen LogP contribution in [0.25, 0.3) is 23.3 Å². The standard InChI is InChI=1S/C31H23N19O/c1-17-23(41-43-27-19(13-32)15-36-47(27)21-9-5-3-6-10-21)25(34)49(45-17)29-38-30(40-31(51)39-29)50-26(35)24(18(2)46-50)42-44-28-20(14-33)16-37-48(28)22-11-7-4-8-12-22/h3-12,15-16H,34-35H2,1-2H3,(H,38,39,40,51). The smallest absolute Gasteiger partial charge is 0.320 e. The number of nitrogen functional groups attached to an aromatic ring is 2. The highest BCUT2D eigenvalue weighted by atomic mass is 16.3. The number of rotatable bonds is 8. The van der Waals surface area contributed by atoms with E-state index in [4.69, 9.17) is 11.5 Å². The van der Waals surface area contributed by atoms with E-state index in [1.165, 1.54) is 21.8 Å². The van der Waals surface area contributed by atoms with Crippen molar-refractivity contribution in [3.05, 3.63) is 95.6 Å². The zero-order chi connectivity index (χ0) is 35.6. The van der Waals surface area contributed by atoms with Crippen LogP contribution in [-0.2, 0) is 0 Å². The van der Waals surface area contributed by atoms with Gasteiger partial charge in [-0.05, 0) is 38.1 Å². The summed E-state index contributed by atoms with van der Waals surface area (Å²) in [5, 5.41) is 64.2. The molecule has 0 radical (unpaired) electrons. The largest absolute Gasteiger partial charge is 0.479 e. The molecule has 5 aromatic heterocycles. The number of nitrogens with zero attached hydrogens (tertiary/aromatic N) is 17. The van der Waals surface area contributed by atoms with Crippen LogP contribution in [-0.4, -0.2) is 59.2 Å². The van der Waals surface area contributed by atoms with Gasteiger partial charge < -0.3 is 16.6 Å². The van der Waals surface area contributed by atoms with Gasteiger partial charge in [-0.15, -0.1) is 20.5 Å². The van der Waals surface area contributed by atoms with E-state index in [2.05, 4.69) is 67.9 Å². The number of para-hydroxylation sites is 2. The first-order valence-electron chi connectivity index (χ1n) is 14.8. The molecule has 51 heavy (non-hydrogen) atoms. The maximum absolute atomic E-state index is 10.5. The van der Waals surface area contributed by atoms with Crippen molar-refractivity contribution in [1.82, 2.24) is 54.1 Å². The SMILES string of the molecule is Cc1nn(-c2nc(O)nc(-n3nc(C)c(N=Nc4c(C#N)cnn4-c4ccccc4)c3N)n2)c(N)c1N=Nc1c(C#N)cnn1-c1ccccc1. The van der Waals surface area contributed by atoms with E-state index in [0.717, 1.165) is 9.36 Å². The third-order valence-corrected chi connectivity index (χ3v) is 7.33. The number of aromatic nitrogens is 11. The van der Waals surface area contributed by atoms with E-state index < -0.39 is 6.01 Å². The van der Waals surface area contributed by atoms with Crippen LogP contribution in [0, 0.1) is 36.5 Å². The predicted molar refractivity (Wildman–Crippen MR) is 179 cm³/mol. The highest BCUT2D eigenvalue weighted by Gasteiger charge is 2.22. The molecule has 0 amide bonds. The van der Waals surface area contributed by atoms with E-state index in [1.807, 2.05) is 60.7 Å². The minimum atomic E-state index is -0.683. The zero-order valence-electron chi connectivity index (χ0n) is 26.6. The van der Waals surface area contributed by atoms with Crippen LogP contribution in [0.4, 0.5) is 34.6 Å². The van der Waals surface area contributed by atoms with Crippen molar-refractivity contribution in [3.63, 3.8) is 0 Å². The minimum absolute atomic E-state index is 0.0282. The Morgan fingerprint density at radius 1 is 0.608 bits per heavy atom. The van der Waals surface area contributed by atoms with Crippen LogP contribution < -0.4 is 11.5 Å². The predicted octanol–water partition coefficient (Wildman–Crippen LogP) is 4.68. The summed E-state index contributed by atoms with van der Waals surface area (Å²) < 4.78 is 5.21. The van der Waals surface area contributed by atoms with Crippen molar-refractivity contribution < 1.29 is 5.11 Å². The molecule has 0 aliphatic heterocycles. The van der Waals surface area contributed by atoms with Gasteiger partial charge in [0.2, 0.25) is 0 Å². The van der Waals surface area contributed by atoms with Crippen molar-refractivity contribution in [2.24, 2.45) is 20.5 Å². The van der Waals surface area contributed by atoms with Crippen LogP contribution >= 0.6 is 0 Å². The Balaban J connectivity index is 1.22.